The van der Waals surface area contributed by atoms with Gasteiger partial charge in [0.2, 0.25) is 5.91 Å². The molecule has 7 nitrogen and oxygen atoms in total. The van der Waals surface area contributed by atoms with Crippen LogP contribution in [0.3, 0.4) is 0 Å². The number of benzene rings is 2. The van der Waals surface area contributed by atoms with E-state index in [4.69, 9.17) is 4.74 Å². The van der Waals surface area contributed by atoms with E-state index in [0.717, 1.165) is 28.7 Å². The van der Waals surface area contributed by atoms with Gasteiger partial charge in [0.05, 0.1) is 5.41 Å². The van der Waals surface area contributed by atoms with Gasteiger partial charge in [-0.1, -0.05) is 61.9 Å². The number of aliphatic carboxylic acids is 1. The van der Waals surface area contributed by atoms with Crippen LogP contribution in [0, 0.1) is 5.41 Å². The Morgan fingerprint density at radius 2 is 1.62 bits per heavy atom. The van der Waals surface area contributed by atoms with E-state index in [2.05, 4.69) is 29.6 Å². The minimum Gasteiger partial charge on any atom is -0.481 e. The van der Waals surface area contributed by atoms with E-state index >= 15 is 0 Å². The summed E-state index contributed by atoms with van der Waals surface area (Å²) in [6.45, 7) is 4.55. The third kappa shape index (κ3) is 4.52. The number of rotatable bonds is 7. The number of carboxylic acid groups (broad SMARTS) is 1. The average molecular weight is 465 g/mol. The van der Waals surface area contributed by atoms with Crippen molar-refractivity contribution in [3.05, 3.63) is 59.7 Å². The van der Waals surface area contributed by atoms with E-state index in [1.165, 1.54) is 0 Å². The van der Waals surface area contributed by atoms with Crippen LogP contribution < -0.4 is 5.32 Å². The lowest BCUT2D eigenvalue weighted by Crippen LogP contribution is -2.52. The number of alkyl carbamates (subject to hydrolysis) is 1. The summed E-state index contributed by atoms with van der Waals surface area (Å²) in [5.41, 5.74) is 3.81. The van der Waals surface area contributed by atoms with Gasteiger partial charge in [-0.2, -0.15) is 0 Å². The molecule has 4 rings (SSSR count). The minimum absolute atomic E-state index is 0.0473. The van der Waals surface area contributed by atoms with Gasteiger partial charge in [-0.05, 0) is 48.4 Å². The van der Waals surface area contributed by atoms with Gasteiger partial charge in [0.1, 0.15) is 12.6 Å². The van der Waals surface area contributed by atoms with E-state index in [-0.39, 0.29) is 18.4 Å². The minimum atomic E-state index is -0.786. The van der Waals surface area contributed by atoms with Crippen molar-refractivity contribution in [1.29, 1.82) is 0 Å². The summed E-state index contributed by atoms with van der Waals surface area (Å²) in [5, 5.41) is 12.3. The normalized spacial score (nSPS) is 17.4. The van der Waals surface area contributed by atoms with Crippen LogP contribution in [0.5, 0.6) is 0 Å². The molecule has 0 radical (unpaired) electrons. The lowest BCUT2D eigenvalue weighted by Gasteiger charge is -2.39. The molecule has 34 heavy (non-hydrogen) atoms. The van der Waals surface area contributed by atoms with Crippen molar-refractivity contribution in [2.45, 2.75) is 51.5 Å². The van der Waals surface area contributed by atoms with Crippen molar-refractivity contribution in [1.82, 2.24) is 10.2 Å². The van der Waals surface area contributed by atoms with Gasteiger partial charge in [0.15, 0.2) is 0 Å². The number of piperidine rings is 1. The van der Waals surface area contributed by atoms with Gasteiger partial charge in [-0.25, -0.2) is 4.79 Å². The predicted molar refractivity (Wildman–Crippen MR) is 128 cm³/mol. The fraction of sp³-hybridized carbons (Fsp3) is 0.444. The van der Waals surface area contributed by atoms with Gasteiger partial charge < -0.3 is 20.1 Å². The number of nitrogens with one attached hydrogen (secondary N) is 1. The van der Waals surface area contributed by atoms with Crippen molar-refractivity contribution < 1.29 is 24.2 Å². The summed E-state index contributed by atoms with van der Waals surface area (Å²) in [6.07, 6.45) is 1.63. The Kier molecular flexibility index (Phi) is 6.91. The molecule has 2 aromatic rings. The number of fused-ring (bicyclic) bond motifs is 3. The third-order valence-corrected chi connectivity index (χ3v) is 7.26. The fourth-order valence-corrected chi connectivity index (χ4v) is 5.36. The molecule has 0 aromatic heterocycles. The van der Waals surface area contributed by atoms with Crippen molar-refractivity contribution >= 4 is 18.0 Å². The second-order valence-electron chi connectivity index (χ2n) is 9.35. The molecule has 1 aliphatic heterocycles. The van der Waals surface area contributed by atoms with E-state index < -0.39 is 23.5 Å². The molecule has 0 unspecified atom stereocenters. The summed E-state index contributed by atoms with van der Waals surface area (Å²) in [5.74, 6) is -1.05. The van der Waals surface area contributed by atoms with Crippen LogP contribution in [0.25, 0.3) is 11.1 Å². The van der Waals surface area contributed by atoms with Gasteiger partial charge in [-0.15, -0.1) is 0 Å². The lowest BCUT2D eigenvalue weighted by molar-refractivity contribution is -0.155. The maximum absolute atomic E-state index is 12.9. The number of nitrogens with zero attached hydrogens (tertiary/aromatic N) is 1. The standard InChI is InChI=1S/C27H32N2O5/c1-3-12-27(25(31)32)13-15-29(16-14-27)24(30)18(2)28-26(33)34-17-23-21-10-6-4-8-19(21)20-9-5-7-11-22(20)23/h4-11,18,23H,3,12-17H2,1-2H3,(H,28,33)(H,31,32)/t18-/m1/s1. The van der Waals surface area contributed by atoms with Crippen molar-refractivity contribution in [3.63, 3.8) is 0 Å². The molecular formula is C27H32N2O5. The Labute approximate surface area is 200 Å². The molecule has 2 aliphatic rings. The number of carbonyl (C=O) groups excluding carboxylic acids is 2. The zero-order valence-corrected chi connectivity index (χ0v) is 19.8. The number of ether oxygens (including phenoxy) is 1. The maximum Gasteiger partial charge on any atom is 0.407 e. The van der Waals surface area contributed by atoms with E-state index in [1.807, 2.05) is 31.2 Å². The van der Waals surface area contributed by atoms with Crippen LogP contribution in [0.4, 0.5) is 4.79 Å². The zero-order valence-electron chi connectivity index (χ0n) is 19.8. The molecule has 0 spiro atoms. The van der Waals surface area contributed by atoms with Crippen LogP contribution in [0.15, 0.2) is 48.5 Å². The number of hydrogen-bond donors (Lipinski definition) is 2. The summed E-state index contributed by atoms with van der Waals surface area (Å²) in [6, 6.07) is 15.5. The Bertz CT molecular complexity index is 1030. The second-order valence-corrected chi connectivity index (χ2v) is 9.35. The second kappa shape index (κ2) is 9.87. The molecule has 1 atom stereocenters. The highest BCUT2D eigenvalue weighted by Gasteiger charge is 2.42. The molecule has 1 fully saturated rings. The van der Waals surface area contributed by atoms with Crippen molar-refractivity contribution in [3.8, 4) is 11.1 Å². The summed E-state index contributed by atoms with van der Waals surface area (Å²) in [7, 11) is 0. The number of carbonyl (C=O) groups is 3. The first-order valence-corrected chi connectivity index (χ1v) is 12.0. The molecule has 1 saturated heterocycles. The smallest absolute Gasteiger partial charge is 0.407 e. The highest BCUT2D eigenvalue weighted by molar-refractivity contribution is 5.86. The lowest BCUT2D eigenvalue weighted by atomic mass is 9.75. The quantitative estimate of drug-likeness (QED) is 0.633. The predicted octanol–water partition coefficient (Wildman–Crippen LogP) is 4.41. The Balaban J connectivity index is 1.32. The molecule has 2 N–H and O–H groups in total. The fourth-order valence-electron chi connectivity index (χ4n) is 5.36. The summed E-state index contributed by atoms with van der Waals surface area (Å²) >= 11 is 0. The topological polar surface area (TPSA) is 95.9 Å². The molecule has 0 bridgehead atoms. The van der Waals surface area contributed by atoms with Crippen LogP contribution >= 0.6 is 0 Å². The average Bonchev–Trinajstić information content (AvgIpc) is 3.16. The van der Waals surface area contributed by atoms with Crippen LogP contribution in [0.2, 0.25) is 0 Å². The third-order valence-electron chi connectivity index (χ3n) is 7.26. The number of likely N-dealkylation sites (tertiary alicyclic amines) is 1. The van der Waals surface area contributed by atoms with E-state index in [0.29, 0.717) is 32.4 Å². The van der Waals surface area contributed by atoms with Crippen molar-refractivity contribution in [2.75, 3.05) is 19.7 Å². The molecule has 2 aromatic carbocycles. The molecule has 1 aliphatic carbocycles. The first kappa shape index (κ1) is 23.8. The number of amides is 2. The van der Waals surface area contributed by atoms with E-state index in [1.54, 1.807) is 11.8 Å². The van der Waals surface area contributed by atoms with Gasteiger partial charge >= 0.3 is 12.1 Å². The Morgan fingerprint density at radius 1 is 1.06 bits per heavy atom. The Morgan fingerprint density at radius 3 is 2.15 bits per heavy atom. The Hall–Kier alpha value is -3.35. The first-order valence-electron chi connectivity index (χ1n) is 12.0. The highest BCUT2D eigenvalue weighted by atomic mass is 16.5. The summed E-state index contributed by atoms with van der Waals surface area (Å²) in [4.78, 5) is 38.8. The van der Waals surface area contributed by atoms with Crippen LogP contribution in [-0.2, 0) is 14.3 Å². The molecule has 0 saturated carbocycles. The first-order chi connectivity index (χ1) is 16.4. The molecule has 1 heterocycles. The van der Waals surface area contributed by atoms with Crippen molar-refractivity contribution in [2.24, 2.45) is 5.41 Å². The SMILES string of the molecule is CCCC1(C(=O)O)CCN(C(=O)[C@@H](C)NC(=O)OCC2c3ccccc3-c3ccccc32)CC1. The van der Waals surface area contributed by atoms with Gasteiger partial charge in [0.25, 0.3) is 0 Å². The largest absolute Gasteiger partial charge is 0.481 e. The van der Waals surface area contributed by atoms with Crippen LogP contribution in [-0.4, -0.2) is 53.7 Å². The molecular weight excluding hydrogens is 432 g/mol. The van der Waals surface area contributed by atoms with Crippen LogP contribution in [0.1, 0.15) is 56.6 Å². The van der Waals surface area contributed by atoms with Gasteiger partial charge in [-0.3, -0.25) is 9.59 Å². The number of hydrogen-bond acceptors (Lipinski definition) is 4. The molecule has 180 valence electrons. The zero-order chi connectivity index (χ0) is 24.3. The van der Waals surface area contributed by atoms with Gasteiger partial charge in [0, 0.05) is 19.0 Å². The molecule has 7 heteroatoms. The number of carboxylic acids is 1. The molecule has 2 amide bonds. The maximum atomic E-state index is 12.9. The van der Waals surface area contributed by atoms with E-state index in [9.17, 15) is 19.5 Å². The summed E-state index contributed by atoms with van der Waals surface area (Å²) < 4.78 is 5.55. The monoisotopic (exact) mass is 464 g/mol. The highest BCUT2D eigenvalue weighted by Crippen LogP contribution is 2.44.